The van der Waals surface area contributed by atoms with E-state index in [1.807, 2.05) is 48.6 Å². The Morgan fingerprint density at radius 3 is 1.11 bits per heavy atom. The second kappa shape index (κ2) is 7.84. The molecule has 0 saturated heterocycles. The number of hydrogen-bond donors (Lipinski definition) is 3. The van der Waals surface area contributed by atoms with Crippen molar-refractivity contribution in [3.8, 4) is 0 Å². The topological polar surface area (TPSA) is 91.5 Å². The first kappa shape index (κ1) is 18.2. The molecule has 0 aliphatic carbocycles. The van der Waals surface area contributed by atoms with E-state index in [4.69, 9.17) is 8.42 Å². The number of hydrogen-bond acceptors (Lipinski definition) is 4. The molecule has 2 aliphatic rings. The summed E-state index contributed by atoms with van der Waals surface area (Å²) in [5.41, 5.74) is 7.86. The molecule has 2 N–H and O–H groups in total. The number of halogens is 1. The zero-order valence-corrected chi connectivity index (χ0v) is 16.1. The SMILES string of the molecule is C1=Cc2cc3ccc(cc4nc(cc5ccc(cc1n2)[nH]5)C=C4)[nH]3.O=[SH](=O)Cl. The predicted octanol–water partition coefficient (Wildman–Crippen LogP) is 4.41. The van der Waals surface area contributed by atoms with Crippen LogP contribution in [-0.4, -0.2) is 28.4 Å². The normalized spacial score (nSPS) is 12.1. The third kappa shape index (κ3) is 4.57. The summed E-state index contributed by atoms with van der Waals surface area (Å²) in [7, 11) is 1.58. The van der Waals surface area contributed by atoms with Gasteiger partial charge in [0.1, 0.15) is 0 Å². The average Bonchev–Trinajstić information content (AvgIpc) is 3.39. The maximum atomic E-state index is 8.80. The minimum atomic E-state index is -2.65. The molecule has 0 fully saturated rings. The summed E-state index contributed by atoms with van der Waals surface area (Å²) in [6.45, 7) is 0. The smallest absolute Gasteiger partial charge is 0.222 e. The van der Waals surface area contributed by atoms with Gasteiger partial charge in [0.05, 0.1) is 22.8 Å². The molecule has 0 atom stereocenters. The van der Waals surface area contributed by atoms with Crippen molar-refractivity contribution in [2.24, 2.45) is 0 Å². The van der Waals surface area contributed by atoms with E-state index in [-0.39, 0.29) is 0 Å². The van der Waals surface area contributed by atoms with E-state index in [1.165, 1.54) is 0 Å². The Hall–Kier alpha value is -3.16. The maximum absolute atomic E-state index is 8.80. The third-order valence-corrected chi connectivity index (χ3v) is 4.04. The fourth-order valence-corrected chi connectivity index (χ4v) is 2.94. The average molecular weight is 411 g/mol. The standard InChI is InChI=1S/C20H14N4.ClHO2S/c1-2-14-10-16-5-6-18(23-16)12-20-8-7-19(24-20)11-17-4-3-15(22-17)9-13(1)21-14;1-4(2)3/h1-12,21,24H;4H. The molecule has 5 heterocycles. The number of rotatable bonds is 0. The molecule has 2 aliphatic heterocycles. The van der Waals surface area contributed by atoms with Gasteiger partial charge in [-0.05, 0) is 72.8 Å². The van der Waals surface area contributed by atoms with Gasteiger partial charge in [-0.15, -0.1) is 0 Å². The molecule has 8 heteroatoms. The summed E-state index contributed by atoms with van der Waals surface area (Å²) in [4.78, 5) is 16.0. The number of H-pyrrole nitrogens is 2. The van der Waals surface area contributed by atoms with E-state index in [0.29, 0.717) is 0 Å². The summed E-state index contributed by atoms with van der Waals surface area (Å²) in [6, 6.07) is 16.4. The van der Waals surface area contributed by atoms with Crippen LogP contribution in [0.5, 0.6) is 0 Å². The monoisotopic (exact) mass is 410 g/mol. The van der Waals surface area contributed by atoms with Gasteiger partial charge in [0.25, 0.3) is 0 Å². The number of aromatic nitrogens is 4. The van der Waals surface area contributed by atoms with E-state index >= 15 is 0 Å². The maximum Gasteiger partial charge on any atom is 0.222 e. The molecule has 8 bridgehead atoms. The fourth-order valence-electron chi connectivity index (χ4n) is 2.94. The summed E-state index contributed by atoms with van der Waals surface area (Å²) in [5, 5.41) is 0. The Morgan fingerprint density at radius 1 is 0.607 bits per heavy atom. The van der Waals surface area contributed by atoms with Gasteiger partial charge in [-0.1, -0.05) is 0 Å². The molecule has 3 aromatic rings. The second-order valence-electron chi connectivity index (χ2n) is 6.12. The van der Waals surface area contributed by atoms with Crippen LogP contribution in [0.4, 0.5) is 0 Å². The van der Waals surface area contributed by atoms with Crippen molar-refractivity contribution in [3.63, 3.8) is 0 Å². The van der Waals surface area contributed by atoms with Crippen LogP contribution in [0.2, 0.25) is 0 Å². The first-order chi connectivity index (χ1) is 13.5. The number of fused-ring (bicyclic) bond motifs is 8. The summed E-state index contributed by atoms with van der Waals surface area (Å²) < 4.78 is 17.6. The van der Waals surface area contributed by atoms with Crippen molar-refractivity contribution in [2.75, 3.05) is 0 Å². The summed E-state index contributed by atoms with van der Waals surface area (Å²) in [5.74, 6) is 0. The Labute approximate surface area is 166 Å². The first-order valence-corrected chi connectivity index (χ1v) is 10.5. The zero-order valence-electron chi connectivity index (χ0n) is 14.5. The highest BCUT2D eigenvalue weighted by Gasteiger charge is 2.01. The second-order valence-corrected chi connectivity index (χ2v) is 7.37. The molecule has 0 unspecified atom stereocenters. The summed E-state index contributed by atoms with van der Waals surface area (Å²) >= 11 is 0. The van der Waals surface area contributed by atoms with Gasteiger partial charge in [0.15, 0.2) is 0 Å². The Balaban J connectivity index is 0.000000442. The first-order valence-electron chi connectivity index (χ1n) is 8.38. The van der Waals surface area contributed by atoms with E-state index < -0.39 is 9.92 Å². The highest BCUT2D eigenvalue weighted by Crippen LogP contribution is 2.16. The minimum Gasteiger partial charge on any atom is -0.355 e. The Morgan fingerprint density at radius 2 is 0.857 bits per heavy atom. The molecule has 0 amide bonds. The minimum absolute atomic E-state index is 0.939. The molecule has 28 heavy (non-hydrogen) atoms. The van der Waals surface area contributed by atoms with E-state index in [1.54, 1.807) is 0 Å². The van der Waals surface area contributed by atoms with Crippen molar-refractivity contribution in [3.05, 3.63) is 71.3 Å². The van der Waals surface area contributed by atoms with E-state index in [0.717, 1.165) is 44.8 Å². The predicted molar refractivity (Wildman–Crippen MR) is 115 cm³/mol. The lowest BCUT2D eigenvalue weighted by Crippen LogP contribution is -1.75. The van der Waals surface area contributed by atoms with Crippen molar-refractivity contribution in [2.45, 2.75) is 0 Å². The van der Waals surface area contributed by atoms with Crippen LogP contribution < -0.4 is 0 Å². The lowest BCUT2D eigenvalue weighted by atomic mass is 10.3. The number of thiol groups is 1. The Bertz CT molecular complexity index is 1150. The quantitative estimate of drug-likeness (QED) is 0.260. The lowest BCUT2D eigenvalue weighted by molar-refractivity contribution is 0.626. The summed E-state index contributed by atoms with van der Waals surface area (Å²) in [6.07, 6.45) is 8.09. The molecule has 0 saturated carbocycles. The highest BCUT2D eigenvalue weighted by molar-refractivity contribution is 7.98. The van der Waals surface area contributed by atoms with Crippen LogP contribution in [0.3, 0.4) is 0 Å². The van der Waals surface area contributed by atoms with Gasteiger partial charge in [-0.3, -0.25) is 0 Å². The molecule has 6 nitrogen and oxygen atoms in total. The molecular formula is C20H15ClN4O2S. The number of nitrogens with one attached hydrogen (secondary N) is 2. The van der Waals surface area contributed by atoms with Crippen LogP contribution in [0.25, 0.3) is 46.4 Å². The van der Waals surface area contributed by atoms with Gasteiger partial charge < -0.3 is 9.97 Å². The van der Waals surface area contributed by atoms with Crippen molar-refractivity contribution < 1.29 is 8.42 Å². The van der Waals surface area contributed by atoms with Crippen molar-refractivity contribution >= 4 is 67.0 Å². The molecule has 5 rings (SSSR count). The molecule has 0 spiro atoms. The van der Waals surface area contributed by atoms with Crippen LogP contribution in [-0.2, 0) is 9.92 Å². The van der Waals surface area contributed by atoms with Gasteiger partial charge >= 0.3 is 0 Å². The molecule has 0 aromatic carbocycles. The van der Waals surface area contributed by atoms with Crippen LogP contribution in [0.15, 0.2) is 48.5 Å². The van der Waals surface area contributed by atoms with Crippen LogP contribution in [0, 0.1) is 0 Å². The van der Waals surface area contributed by atoms with E-state index in [9.17, 15) is 0 Å². The van der Waals surface area contributed by atoms with Gasteiger partial charge in [0, 0.05) is 32.7 Å². The molecule has 140 valence electrons. The van der Waals surface area contributed by atoms with Gasteiger partial charge in [-0.25, -0.2) is 18.4 Å². The zero-order chi connectivity index (χ0) is 19.5. The number of aromatic amines is 2. The molecular weight excluding hydrogens is 396 g/mol. The van der Waals surface area contributed by atoms with Gasteiger partial charge in [0.2, 0.25) is 9.92 Å². The molecule has 0 radical (unpaired) electrons. The van der Waals surface area contributed by atoms with Crippen molar-refractivity contribution in [1.82, 2.24) is 19.9 Å². The number of nitrogens with zero attached hydrogens (tertiary/aromatic N) is 2. The highest BCUT2D eigenvalue weighted by atomic mass is 35.7. The third-order valence-electron chi connectivity index (χ3n) is 4.04. The van der Waals surface area contributed by atoms with Gasteiger partial charge in [-0.2, -0.15) is 0 Å². The van der Waals surface area contributed by atoms with Crippen LogP contribution in [0.1, 0.15) is 22.8 Å². The Kier molecular flexibility index (Phi) is 5.10. The van der Waals surface area contributed by atoms with E-state index in [2.05, 4.69) is 54.9 Å². The lowest BCUT2D eigenvalue weighted by Gasteiger charge is -1.85. The fraction of sp³-hybridized carbons (Fsp3) is 0. The largest absolute Gasteiger partial charge is 0.355 e. The molecule has 3 aromatic heterocycles. The van der Waals surface area contributed by atoms with Crippen LogP contribution >= 0.6 is 10.7 Å². The van der Waals surface area contributed by atoms with Crippen molar-refractivity contribution in [1.29, 1.82) is 0 Å².